The maximum absolute atomic E-state index is 6.25. The number of nitrogens with one attached hydrogen (secondary N) is 1. The van der Waals surface area contributed by atoms with Crippen LogP contribution in [0.4, 0.5) is 0 Å². The molecule has 0 heterocycles. The first-order chi connectivity index (χ1) is 18.3. The molecule has 0 amide bonds. The van der Waals surface area contributed by atoms with Crippen molar-refractivity contribution in [3.05, 3.63) is 0 Å². The first-order valence-electron chi connectivity index (χ1n) is 16.5. The van der Waals surface area contributed by atoms with Gasteiger partial charge in [-0.3, -0.25) is 15.3 Å². The Balaban J connectivity index is 1.55. The molecule has 0 aliphatic heterocycles. The van der Waals surface area contributed by atoms with E-state index in [0.717, 1.165) is 25.0 Å². The summed E-state index contributed by atoms with van der Waals surface area (Å²) in [6.45, 7) is 1.96. The van der Waals surface area contributed by atoms with E-state index in [1.807, 2.05) is 0 Å². The molecule has 4 fully saturated rings. The van der Waals surface area contributed by atoms with E-state index >= 15 is 0 Å². The Morgan fingerprint density at radius 2 is 1.05 bits per heavy atom. The molecule has 37 heavy (non-hydrogen) atoms. The van der Waals surface area contributed by atoms with Crippen LogP contribution in [0, 0.1) is 29.6 Å². The predicted molar refractivity (Wildman–Crippen MR) is 159 cm³/mol. The summed E-state index contributed by atoms with van der Waals surface area (Å²) in [6, 6.07) is 0.563. The highest BCUT2D eigenvalue weighted by Crippen LogP contribution is 2.39. The van der Waals surface area contributed by atoms with Crippen molar-refractivity contribution in [1.29, 1.82) is 0 Å². The van der Waals surface area contributed by atoms with Gasteiger partial charge in [0.05, 0.1) is 24.8 Å². The minimum Gasteiger partial charge on any atom is -0.330 e. The molecule has 5 N–H and O–H groups in total. The van der Waals surface area contributed by atoms with Crippen LogP contribution in [0.25, 0.3) is 0 Å². The molecule has 2 unspecified atom stereocenters. The molecule has 0 aromatic heterocycles. The van der Waals surface area contributed by atoms with Gasteiger partial charge in [0.15, 0.2) is 0 Å². The summed E-state index contributed by atoms with van der Waals surface area (Å²) in [5.74, 6) is 3.48. The molecule has 0 aromatic carbocycles. The molecular formula is C32H59N5. The summed E-state index contributed by atoms with van der Waals surface area (Å²) < 4.78 is 0. The van der Waals surface area contributed by atoms with Gasteiger partial charge in [-0.2, -0.15) is 0 Å². The lowest BCUT2D eigenvalue weighted by molar-refractivity contribution is 0.129. The first-order valence-corrected chi connectivity index (χ1v) is 16.5. The summed E-state index contributed by atoms with van der Waals surface area (Å²) in [5.41, 5.74) is 14.9. The van der Waals surface area contributed by atoms with Crippen LogP contribution in [-0.4, -0.2) is 37.3 Å². The van der Waals surface area contributed by atoms with E-state index in [9.17, 15) is 0 Å². The Morgan fingerprint density at radius 1 is 0.595 bits per heavy atom. The third-order valence-corrected chi connectivity index (χ3v) is 10.5. The van der Waals surface area contributed by atoms with Crippen molar-refractivity contribution < 1.29 is 0 Å². The molecule has 4 aliphatic rings. The molecule has 0 aromatic rings. The van der Waals surface area contributed by atoms with E-state index in [0.29, 0.717) is 30.5 Å². The minimum absolute atomic E-state index is 0.399. The zero-order chi connectivity index (χ0) is 25.7. The van der Waals surface area contributed by atoms with E-state index in [4.69, 9.17) is 21.5 Å². The van der Waals surface area contributed by atoms with Crippen LogP contribution in [0.5, 0.6) is 0 Å². The smallest absolute Gasteiger partial charge is 0.0890 e. The van der Waals surface area contributed by atoms with E-state index in [1.165, 1.54) is 146 Å². The van der Waals surface area contributed by atoms with Crippen molar-refractivity contribution >= 4 is 11.4 Å². The average Bonchev–Trinajstić information content (AvgIpc) is 2.97. The second-order valence-electron chi connectivity index (χ2n) is 12.9. The normalized spacial score (nSPS) is 26.3. The zero-order valence-electron chi connectivity index (χ0n) is 24.0. The van der Waals surface area contributed by atoms with Crippen LogP contribution in [-0.2, 0) is 0 Å². The number of rotatable bonds is 12. The second kappa shape index (κ2) is 16.4. The van der Waals surface area contributed by atoms with Crippen molar-refractivity contribution in [2.24, 2.45) is 51.0 Å². The lowest BCUT2D eigenvalue weighted by atomic mass is 9.69. The second-order valence-corrected chi connectivity index (χ2v) is 12.9. The summed E-state index contributed by atoms with van der Waals surface area (Å²) >= 11 is 0. The Kier molecular flexibility index (Phi) is 12.9. The number of hydrogen-bond donors (Lipinski definition) is 3. The third-order valence-electron chi connectivity index (χ3n) is 10.5. The fraction of sp³-hybridized carbons (Fsp3) is 0.938. The van der Waals surface area contributed by atoms with Gasteiger partial charge in [0.1, 0.15) is 0 Å². The first kappa shape index (κ1) is 29.2. The molecule has 4 rings (SSSR count). The van der Waals surface area contributed by atoms with Gasteiger partial charge in [0, 0.05) is 17.9 Å². The molecule has 212 valence electrons. The van der Waals surface area contributed by atoms with Gasteiger partial charge < -0.3 is 11.5 Å². The van der Waals surface area contributed by atoms with Gasteiger partial charge in [-0.05, 0) is 69.2 Å². The molecule has 0 spiro atoms. The van der Waals surface area contributed by atoms with Crippen molar-refractivity contribution in [3.8, 4) is 0 Å². The molecule has 0 bridgehead atoms. The molecule has 4 aliphatic carbocycles. The van der Waals surface area contributed by atoms with E-state index in [2.05, 4.69) is 5.32 Å². The Morgan fingerprint density at radius 3 is 1.54 bits per heavy atom. The lowest BCUT2D eigenvalue weighted by Gasteiger charge is -2.41. The van der Waals surface area contributed by atoms with Crippen molar-refractivity contribution in [1.82, 2.24) is 5.32 Å². The van der Waals surface area contributed by atoms with Gasteiger partial charge in [-0.25, -0.2) is 0 Å². The molecule has 5 nitrogen and oxygen atoms in total. The molecular weight excluding hydrogens is 454 g/mol. The van der Waals surface area contributed by atoms with Crippen LogP contribution < -0.4 is 16.8 Å². The van der Waals surface area contributed by atoms with E-state index < -0.39 is 0 Å². The average molecular weight is 514 g/mol. The van der Waals surface area contributed by atoms with Crippen LogP contribution in [0.3, 0.4) is 0 Å². The van der Waals surface area contributed by atoms with Crippen molar-refractivity contribution in [2.45, 2.75) is 141 Å². The van der Waals surface area contributed by atoms with Crippen LogP contribution in [0.1, 0.15) is 135 Å². The van der Waals surface area contributed by atoms with Crippen molar-refractivity contribution in [3.63, 3.8) is 0 Å². The minimum atomic E-state index is 0.399. The van der Waals surface area contributed by atoms with Crippen molar-refractivity contribution in [2.75, 3.05) is 19.9 Å². The van der Waals surface area contributed by atoms with E-state index in [-0.39, 0.29) is 0 Å². The summed E-state index contributed by atoms with van der Waals surface area (Å²) in [7, 11) is 0. The predicted octanol–water partition coefficient (Wildman–Crippen LogP) is 6.99. The Labute approximate surface area is 228 Å². The highest BCUT2D eigenvalue weighted by atomic mass is 15.1. The fourth-order valence-corrected chi connectivity index (χ4v) is 8.55. The Bertz CT molecular complexity index is 679. The number of hydrogen-bond acceptors (Lipinski definition) is 5. The summed E-state index contributed by atoms with van der Waals surface area (Å²) in [4.78, 5) is 10.4. The monoisotopic (exact) mass is 513 g/mol. The standard InChI is InChI=1S/C32H59N5/c33-22-21-29(25-13-5-1-6-14-25)30(26-15-7-2-8-16-26)36-24-37-32(28-19-11-4-12-20-28)31(35-23-34)27-17-9-3-10-18-27/h25-30,36H,1-24,33-34H2. The largest absolute Gasteiger partial charge is 0.330 e. The zero-order valence-corrected chi connectivity index (χ0v) is 24.0. The maximum Gasteiger partial charge on any atom is 0.0890 e. The molecule has 0 radical (unpaired) electrons. The number of nitrogens with zero attached hydrogens (tertiary/aromatic N) is 2. The lowest BCUT2D eigenvalue weighted by Crippen LogP contribution is -2.47. The Hall–Kier alpha value is -0.780. The summed E-state index contributed by atoms with van der Waals surface area (Å²) in [5, 5.41) is 4.11. The molecule has 2 atom stereocenters. The fourth-order valence-electron chi connectivity index (χ4n) is 8.55. The molecule has 4 saturated carbocycles. The number of aliphatic imine (C=N–C) groups is 2. The van der Waals surface area contributed by atoms with Crippen LogP contribution in [0.2, 0.25) is 0 Å². The quantitative estimate of drug-likeness (QED) is 0.246. The highest BCUT2D eigenvalue weighted by Gasteiger charge is 2.35. The van der Waals surface area contributed by atoms with Crippen LogP contribution >= 0.6 is 0 Å². The highest BCUT2D eigenvalue weighted by molar-refractivity contribution is 6.43. The van der Waals surface area contributed by atoms with Gasteiger partial charge in [0.2, 0.25) is 0 Å². The van der Waals surface area contributed by atoms with Crippen LogP contribution in [0.15, 0.2) is 9.98 Å². The maximum atomic E-state index is 6.25. The third kappa shape index (κ3) is 8.60. The summed E-state index contributed by atoms with van der Waals surface area (Å²) in [6.07, 6.45) is 28.4. The topological polar surface area (TPSA) is 88.8 Å². The van der Waals surface area contributed by atoms with Gasteiger partial charge in [-0.15, -0.1) is 0 Å². The number of nitrogens with two attached hydrogens (primary N) is 2. The SMILES string of the molecule is NCCC(C1CCCCC1)C(NCN=C(C(=NCN)C1CCCCC1)C1CCCCC1)C1CCCCC1. The molecule has 5 heteroatoms. The molecule has 0 saturated heterocycles. The van der Waals surface area contributed by atoms with E-state index in [1.54, 1.807) is 0 Å². The van der Waals surface area contributed by atoms with Gasteiger partial charge in [0.25, 0.3) is 0 Å². The van der Waals surface area contributed by atoms with Gasteiger partial charge >= 0.3 is 0 Å². The van der Waals surface area contributed by atoms with Gasteiger partial charge in [-0.1, -0.05) is 89.9 Å².